The lowest BCUT2D eigenvalue weighted by molar-refractivity contribution is 0.477. The lowest BCUT2D eigenvalue weighted by atomic mass is 9.84. The van der Waals surface area contributed by atoms with Gasteiger partial charge in [-0.05, 0) is 79.2 Å². The summed E-state index contributed by atoms with van der Waals surface area (Å²) in [6.45, 7) is 0. The molecular formula is C38H26O2. The summed E-state index contributed by atoms with van der Waals surface area (Å²) in [5.41, 5.74) is 7.93. The zero-order valence-electron chi connectivity index (χ0n) is 21.8. The van der Waals surface area contributed by atoms with Gasteiger partial charge < -0.3 is 10.2 Å². The molecule has 0 aliphatic rings. The number of fused-ring (bicyclic) bond motifs is 2. The molecule has 7 aromatic rings. The van der Waals surface area contributed by atoms with Gasteiger partial charge in [-0.1, -0.05) is 121 Å². The van der Waals surface area contributed by atoms with Gasteiger partial charge in [0.15, 0.2) is 0 Å². The zero-order chi connectivity index (χ0) is 27.1. The van der Waals surface area contributed by atoms with E-state index >= 15 is 0 Å². The molecule has 0 aliphatic heterocycles. The van der Waals surface area contributed by atoms with Crippen molar-refractivity contribution in [3.8, 4) is 56.0 Å². The molecule has 0 unspecified atom stereocenters. The first kappa shape index (κ1) is 23.8. The molecule has 190 valence electrons. The molecule has 0 heterocycles. The van der Waals surface area contributed by atoms with E-state index in [1.807, 2.05) is 72.8 Å². The monoisotopic (exact) mass is 514 g/mol. The van der Waals surface area contributed by atoms with Gasteiger partial charge in [0, 0.05) is 11.1 Å². The molecular weight excluding hydrogens is 488 g/mol. The second-order valence-corrected chi connectivity index (χ2v) is 10.0. The van der Waals surface area contributed by atoms with E-state index in [0.29, 0.717) is 0 Å². The molecule has 0 aliphatic carbocycles. The van der Waals surface area contributed by atoms with Gasteiger partial charge in [0.25, 0.3) is 0 Å². The second-order valence-electron chi connectivity index (χ2n) is 10.0. The van der Waals surface area contributed by atoms with Crippen molar-refractivity contribution in [2.75, 3.05) is 0 Å². The molecule has 0 amide bonds. The van der Waals surface area contributed by atoms with Crippen molar-refractivity contribution < 1.29 is 10.2 Å². The molecule has 0 spiro atoms. The summed E-state index contributed by atoms with van der Waals surface area (Å²) in [7, 11) is 0. The van der Waals surface area contributed by atoms with E-state index in [1.165, 1.54) is 0 Å². The van der Waals surface area contributed by atoms with Crippen LogP contribution in [0.4, 0.5) is 0 Å². The van der Waals surface area contributed by atoms with Crippen molar-refractivity contribution >= 4 is 21.5 Å². The van der Waals surface area contributed by atoms with Crippen LogP contribution < -0.4 is 0 Å². The molecule has 0 aromatic heterocycles. The van der Waals surface area contributed by atoms with Crippen molar-refractivity contribution in [3.05, 3.63) is 146 Å². The van der Waals surface area contributed by atoms with E-state index in [0.717, 1.165) is 66.1 Å². The molecule has 2 nitrogen and oxygen atoms in total. The van der Waals surface area contributed by atoms with Crippen LogP contribution in [0.15, 0.2) is 146 Å². The summed E-state index contributed by atoms with van der Waals surface area (Å²) < 4.78 is 0. The Balaban J connectivity index is 1.53. The van der Waals surface area contributed by atoms with Crippen LogP contribution in [0.3, 0.4) is 0 Å². The van der Waals surface area contributed by atoms with Gasteiger partial charge >= 0.3 is 0 Å². The van der Waals surface area contributed by atoms with Crippen molar-refractivity contribution in [3.63, 3.8) is 0 Å². The standard InChI is InChI=1S/C38H26O2/c39-35-21-19-27(23-33(35)25-11-3-1-4-12-25)37-29-15-7-9-17-31(29)38(32-18-10-8-16-30(32)37)28-20-22-36(40)34(24-28)26-13-5-2-6-14-26/h1-24,39-40H. The Bertz CT molecular complexity index is 1800. The van der Waals surface area contributed by atoms with Crippen LogP contribution in [0.5, 0.6) is 11.5 Å². The first-order valence-corrected chi connectivity index (χ1v) is 13.4. The third kappa shape index (κ3) is 3.98. The molecule has 0 fully saturated rings. The summed E-state index contributed by atoms with van der Waals surface area (Å²) >= 11 is 0. The highest BCUT2D eigenvalue weighted by Crippen LogP contribution is 2.46. The van der Waals surface area contributed by atoms with Gasteiger partial charge in [-0.2, -0.15) is 0 Å². The first-order chi connectivity index (χ1) is 19.7. The van der Waals surface area contributed by atoms with Crippen molar-refractivity contribution in [2.45, 2.75) is 0 Å². The lowest BCUT2D eigenvalue weighted by Gasteiger charge is -2.19. The van der Waals surface area contributed by atoms with E-state index in [4.69, 9.17) is 0 Å². The molecule has 2 heteroatoms. The Morgan fingerprint density at radius 2 is 0.625 bits per heavy atom. The fourth-order valence-corrected chi connectivity index (χ4v) is 5.83. The molecule has 40 heavy (non-hydrogen) atoms. The van der Waals surface area contributed by atoms with Crippen LogP contribution in [0.25, 0.3) is 66.1 Å². The molecule has 0 atom stereocenters. The lowest BCUT2D eigenvalue weighted by Crippen LogP contribution is -1.92. The average molecular weight is 515 g/mol. The van der Waals surface area contributed by atoms with E-state index in [-0.39, 0.29) is 11.5 Å². The summed E-state index contributed by atoms with van der Waals surface area (Å²) in [6.07, 6.45) is 0. The van der Waals surface area contributed by atoms with E-state index < -0.39 is 0 Å². The van der Waals surface area contributed by atoms with Gasteiger partial charge in [-0.15, -0.1) is 0 Å². The number of rotatable bonds is 4. The first-order valence-electron chi connectivity index (χ1n) is 13.4. The highest BCUT2D eigenvalue weighted by atomic mass is 16.3. The van der Waals surface area contributed by atoms with Crippen LogP contribution in [-0.2, 0) is 0 Å². The summed E-state index contributed by atoms with van der Waals surface area (Å²) in [5.74, 6) is 0.524. The number of phenols is 2. The predicted octanol–water partition coefficient (Wildman–Crippen LogP) is 10.1. The van der Waals surface area contributed by atoms with Crippen molar-refractivity contribution in [1.29, 1.82) is 0 Å². The Morgan fingerprint density at radius 1 is 0.300 bits per heavy atom. The molecule has 0 saturated carbocycles. The third-order valence-corrected chi connectivity index (χ3v) is 7.67. The molecule has 7 aromatic carbocycles. The topological polar surface area (TPSA) is 40.5 Å². The molecule has 0 radical (unpaired) electrons. The number of benzene rings is 7. The van der Waals surface area contributed by atoms with Crippen LogP contribution >= 0.6 is 0 Å². The Kier molecular flexibility index (Phi) is 5.79. The number of phenolic OH excluding ortho intramolecular Hbond substituents is 2. The van der Waals surface area contributed by atoms with E-state index in [1.54, 1.807) is 12.1 Å². The molecule has 0 bridgehead atoms. The highest BCUT2D eigenvalue weighted by Gasteiger charge is 2.18. The normalized spacial score (nSPS) is 11.2. The average Bonchev–Trinajstić information content (AvgIpc) is 3.01. The quantitative estimate of drug-likeness (QED) is 0.229. The minimum atomic E-state index is 0.262. The van der Waals surface area contributed by atoms with Gasteiger partial charge in [0.05, 0.1) is 0 Å². The van der Waals surface area contributed by atoms with Crippen LogP contribution in [-0.4, -0.2) is 10.2 Å². The van der Waals surface area contributed by atoms with Gasteiger partial charge in [0.1, 0.15) is 11.5 Å². The van der Waals surface area contributed by atoms with E-state index in [9.17, 15) is 10.2 Å². The fourth-order valence-electron chi connectivity index (χ4n) is 5.83. The molecule has 7 rings (SSSR count). The third-order valence-electron chi connectivity index (χ3n) is 7.67. The molecule has 0 saturated heterocycles. The predicted molar refractivity (Wildman–Crippen MR) is 167 cm³/mol. The number of aromatic hydroxyl groups is 2. The van der Waals surface area contributed by atoms with Crippen LogP contribution in [0.1, 0.15) is 0 Å². The SMILES string of the molecule is Oc1ccc(-c2c3ccccc3c(-c3ccc(O)c(-c4ccccc4)c3)c3ccccc23)cc1-c1ccccc1. The Labute approximate surface area is 233 Å². The van der Waals surface area contributed by atoms with Gasteiger partial charge in [-0.25, -0.2) is 0 Å². The highest BCUT2D eigenvalue weighted by molar-refractivity contribution is 6.21. The van der Waals surface area contributed by atoms with Crippen molar-refractivity contribution in [1.82, 2.24) is 0 Å². The Hall–Kier alpha value is -5.34. The minimum absolute atomic E-state index is 0.262. The zero-order valence-corrected chi connectivity index (χ0v) is 21.8. The van der Waals surface area contributed by atoms with Crippen LogP contribution in [0.2, 0.25) is 0 Å². The Morgan fingerprint density at radius 3 is 0.975 bits per heavy atom. The number of hydrogen-bond donors (Lipinski definition) is 2. The minimum Gasteiger partial charge on any atom is -0.507 e. The van der Waals surface area contributed by atoms with Crippen molar-refractivity contribution in [2.24, 2.45) is 0 Å². The van der Waals surface area contributed by atoms with E-state index in [2.05, 4.69) is 60.7 Å². The fraction of sp³-hybridized carbons (Fsp3) is 0. The summed E-state index contributed by atoms with van der Waals surface area (Å²) in [4.78, 5) is 0. The van der Waals surface area contributed by atoms with Gasteiger partial charge in [-0.3, -0.25) is 0 Å². The smallest absolute Gasteiger partial charge is 0.123 e. The summed E-state index contributed by atoms with van der Waals surface area (Å²) in [5, 5.41) is 26.1. The maximum atomic E-state index is 10.8. The second kappa shape index (κ2) is 9.76. The maximum absolute atomic E-state index is 10.8. The van der Waals surface area contributed by atoms with Crippen LogP contribution in [0, 0.1) is 0 Å². The maximum Gasteiger partial charge on any atom is 0.123 e. The molecule has 2 N–H and O–H groups in total. The summed E-state index contributed by atoms with van der Waals surface area (Å²) in [6, 6.07) is 48.8. The van der Waals surface area contributed by atoms with Gasteiger partial charge in [0.2, 0.25) is 0 Å². The number of hydrogen-bond acceptors (Lipinski definition) is 2. The largest absolute Gasteiger partial charge is 0.507 e.